The van der Waals surface area contributed by atoms with Crippen LogP contribution in [0.5, 0.6) is 0 Å². The summed E-state index contributed by atoms with van der Waals surface area (Å²) >= 11 is 5.73. The van der Waals surface area contributed by atoms with Gasteiger partial charge in [0, 0.05) is 11.6 Å². The predicted molar refractivity (Wildman–Crippen MR) is 68.5 cm³/mol. The van der Waals surface area contributed by atoms with Crippen molar-refractivity contribution in [3.8, 4) is 0 Å². The topological polar surface area (TPSA) is 26.0 Å². The molecule has 1 nitrogen and oxygen atoms in total. The summed E-state index contributed by atoms with van der Waals surface area (Å²) in [5.41, 5.74) is 7.54. The zero-order valence-electron chi connectivity index (χ0n) is 9.24. The van der Waals surface area contributed by atoms with Crippen LogP contribution in [0.1, 0.15) is 17.2 Å². The molecule has 1 atom stereocenters. The Morgan fingerprint density at radius 1 is 1.06 bits per heavy atom. The fourth-order valence-corrected chi connectivity index (χ4v) is 1.97. The number of hydrogen-bond donors (Lipinski definition) is 1. The van der Waals surface area contributed by atoms with Crippen LogP contribution in [-0.2, 0) is 6.42 Å². The molecule has 0 aliphatic rings. The molecule has 2 rings (SSSR count). The number of hydrogen-bond acceptors (Lipinski definition) is 1. The Labute approximate surface area is 105 Å². The second kappa shape index (κ2) is 5.30. The van der Waals surface area contributed by atoms with Crippen molar-refractivity contribution in [2.45, 2.75) is 12.5 Å². The molecule has 0 saturated carbocycles. The van der Waals surface area contributed by atoms with Crippen molar-refractivity contribution in [2.75, 3.05) is 0 Å². The third-order valence-corrected chi connectivity index (χ3v) is 2.97. The van der Waals surface area contributed by atoms with Crippen LogP contribution >= 0.6 is 11.6 Å². The van der Waals surface area contributed by atoms with Crippen molar-refractivity contribution in [3.05, 3.63) is 70.5 Å². The highest BCUT2D eigenvalue weighted by Gasteiger charge is 2.13. The molecule has 0 bridgehead atoms. The lowest BCUT2D eigenvalue weighted by Gasteiger charge is -2.13. The van der Waals surface area contributed by atoms with Gasteiger partial charge in [-0.1, -0.05) is 54.1 Å². The first kappa shape index (κ1) is 12.1. The van der Waals surface area contributed by atoms with Crippen molar-refractivity contribution < 1.29 is 4.39 Å². The first-order valence-corrected chi connectivity index (χ1v) is 5.79. The van der Waals surface area contributed by atoms with E-state index in [-0.39, 0.29) is 11.1 Å². The maximum Gasteiger partial charge on any atom is 0.146 e. The van der Waals surface area contributed by atoms with E-state index in [1.165, 1.54) is 6.07 Å². The van der Waals surface area contributed by atoms with E-state index >= 15 is 0 Å². The summed E-state index contributed by atoms with van der Waals surface area (Å²) in [7, 11) is 0. The van der Waals surface area contributed by atoms with E-state index in [4.69, 9.17) is 17.3 Å². The summed E-state index contributed by atoms with van der Waals surface area (Å²) in [5.74, 6) is -0.419. The molecular formula is C14H13ClFN. The van der Waals surface area contributed by atoms with Crippen molar-refractivity contribution in [2.24, 2.45) is 5.73 Å². The highest BCUT2D eigenvalue weighted by Crippen LogP contribution is 2.24. The highest BCUT2D eigenvalue weighted by molar-refractivity contribution is 6.30. The lowest BCUT2D eigenvalue weighted by atomic mass is 9.99. The van der Waals surface area contributed by atoms with Gasteiger partial charge in [-0.3, -0.25) is 0 Å². The first-order valence-electron chi connectivity index (χ1n) is 5.42. The van der Waals surface area contributed by atoms with Crippen LogP contribution in [0.4, 0.5) is 4.39 Å². The van der Waals surface area contributed by atoms with Gasteiger partial charge in [-0.25, -0.2) is 4.39 Å². The smallest absolute Gasteiger partial charge is 0.146 e. The molecule has 3 heteroatoms. The molecule has 0 spiro atoms. The first-order chi connectivity index (χ1) is 8.18. The van der Waals surface area contributed by atoms with E-state index in [0.29, 0.717) is 12.0 Å². The maximum atomic E-state index is 13.7. The molecule has 2 N–H and O–H groups in total. The second-order valence-corrected chi connectivity index (χ2v) is 4.35. The fourth-order valence-electron chi connectivity index (χ4n) is 1.78. The molecule has 0 saturated heterocycles. The molecule has 2 aromatic rings. The lowest BCUT2D eigenvalue weighted by molar-refractivity contribution is 0.581. The van der Waals surface area contributed by atoms with Crippen LogP contribution in [0.15, 0.2) is 48.5 Å². The van der Waals surface area contributed by atoms with Gasteiger partial charge in [0.15, 0.2) is 0 Å². The SMILES string of the molecule is NC(Cc1ccccc1)c1cccc(Cl)c1F. The average molecular weight is 250 g/mol. The van der Waals surface area contributed by atoms with Crippen LogP contribution < -0.4 is 5.73 Å². The molecule has 88 valence electrons. The van der Waals surface area contributed by atoms with E-state index in [1.54, 1.807) is 12.1 Å². The molecule has 17 heavy (non-hydrogen) atoms. The molecule has 0 fully saturated rings. The van der Waals surface area contributed by atoms with Crippen LogP contribution in [0.3, 0.4) is 0 Å². The summed E-state index contributed by atoms with van der Waals surface area (Å²) in [5, 5.41) is 0.117. The molecule has 0 aromatic heterocycles. The van der Waals surface area contributed by atoms with Gasteiger partial charge < -0.3 is 5.73 Å². The molecule has 0 radical (unpaired) electrons. The number of halogens is 2. The van der Waals surface area contributed by atoms with Gasteiger partial charge in [-0.2, -0.15) is 0 Å². The predicted octanol–water partition coefficient (Wildman–Crippen LogP) is 3.72. The van der Waals surface area contributed by atoms with Gasteiger partial charge >= 0.3 is 0 Å². The Kier molecular flexibility index (Phi) is 3.77. The molecule has 0 amide bonds. The van der Waals surface area contributed by atoms with Crippen molar-refractivity contribution >= 4 is 11.6 Å². The summed E-state index contributed by atoms with van der Waals surface area (Å²) in [6.07, 6.45) is 0.595. The lowest BCUT2D eigenvalue weighted by Crippen LogP contribution is -2.15. The maximum absolute atomic E-state index is 13.7. The molecular weight excluding hydrogens is 237 g/mol. The summed E-state index contributed by atoms with van der Waals surface area (Å²) in [6.45, 7) is 0. The normalized spacial score (nSPS) is 12.4. The molecule has 2 aromatic carbocycles. The van der Waals surface area contributed by atoms with Crippen LogP contribution in [0.2, 0.25) is 5.02 Å². The third-order valence-electron chi connectivity index (χ3n) is 2.68. The Hall–Kier alpha value is -1.38. The van der Waals surface area contributed by atoms with Gasteiger partial charge in [0.2, 0.25) is 0 Å². The van der Waals surface area contributed by atoms with Crippen LogP contribution in [0, 0.1) is 5.82 Å². The van der Waals surface area contributed by atoms with E-state index in [9.17, 15) is 4.39 Å². The van der Waals surface area contributed by atoms with Crippen molar-refractivity contribution in [1.82, 2.24) is 0 Å². The number of benzene rings is 2. The number of nitrogens with two attached hydrogens (primary N) is 1. The quantitative estimate of drug-likeness (QED) is 0.882. The minimum atomic E-state index is -0.419. The van der Waals surface area contributed by atoms with E-state index < -0.39 is 5.82 Å². The van der Waals surface area contributed by atoms with Gasteiger partial charge in [0.25, 0.3) is 0 Å². The van der Waals surface area contributed by atoms with Gasteiger partial charge in [0.1, 0.15) is 5.82 Å². The average Bonchev–Trinajstić information content (AvgIpc) is 2.34. The summed E-state index contributed by atoms with van der Waals surface area (Å²) in [4.78, 5) is 0. The Morgan fingerprint density at radius 3 is 2.47 bits per heavy atom. The largest absolute Gasteiger partial charge is 0.324 e. The van der Waals surface area contributed by atoms with Gasteiger partial charge in [0.05, 0.1) is 5.02 Å². The molecule has 0 aliphatic heterocycles. The van der Waals surface area contributed by atoms with E-state index in [2.05, 4.69) is 0 Å². The Bertz CT molecular complexity index is 499. The third kappa shape index (κ3) is 2.84. The Morgan fingerprint density at radius 2 is 1.76 bits per heavy atom. The second-order valence-electron chi connectivity index (χ2n) is 3.94. The zero-order chi connectivity index (χ0) is 12.3. The van der Waals surface area contributed by atoms with Crippen LogP contribution in [-0.4, -0.2) is 0 Å². The number of rotatable bonds is 3. The zero-order valence-corrected chi connectivity index (χ0v) is 9.99. The molecule has 1 unspecified atom stereocenters. The Balaban J connectivity index is 2.20. The van der Waals surface area contributed by atoms with Crippen molar-refractivity contribution in [3.63, 3.8) is 0 Å². The monoisotopic (exact) mass is 249 g/mol. The van der Waals surface area contributed by atoms with Gasteiger partial charge in [-0.05, 0) is 18.1 Å². The minimum absolute atomic E-state index is 0.117. The fraction of sp³-hybridized carbons (Fsp3) is 0.143. The van der Waals surface area contributed by atoms with E-state index in [0.717, 1.165) is 5.56 Å². The van der Waals surface area contributed by atoms with Crippen molar-refractivity contribution in [1.29, 1.82) is 0 Å². The summed E-state index contributed by atoms with van der Waals surface area (Å²) in [6, 6.07) is 14.3. The van der Waals surface area contributed by atoms with Gasteiger partial charge in [-0.15, -0.1) is 0 Å². The van der Waals surface area contributed by atoms with Crippen LogP contribution in [0.25, 0.3) is 0 Å². The van der Waals surface area contributed by atoms with E-state index in [1.807, 2.05) is 30.3 Å². The minimum Gasteiger partial charge on any atom is -0.324 e. The highest BCUT2D eigenvalue weighted by atomic mass is 35.5. The molecule has 0 aliphatic carbocycles. The molecule has 0 heterocycles. The standard InChI is InChI=1S/C14H13ClFN/c15-12-8-4-7-11(14(12)16)13(17)9-10-5-2-1-3-6-10/h1-8,13H,9,17H2. The summed E-state index contributed by atoms with van der Waals surface area (Å²) < 4.78 is 13.7.